The van der Waals surface area contributed by atoms with Gasteiger partial charge in [-0.25, -0.2) is 4.79 Å². The predicted octanol–water partition coefficient (Wildman–Crippen LogP) is 1.40. The summed E-state index contributed by atoms with van der Waals surface area (Å²) in [6.07, 6.45) is 0.586. The first-order valence-corrected chi connectivity index (χ1v) is 7.67. The molecule has 1 fully saturated rings. The normalized spacial score (nSPS) is 17.7. The first-order chi connectivity index (χ1) is 10.5. The third kappa shape index (κ3) is 3.01. The highest BCUT2D eigenvalue weighted by atomic mass is 32.1. The van der Waals surface area contributed by atoms with E-state index < -0.39 is 5.63 Å². The molecule has 1 amide bonds. The Morgan fingerprint density at radius 3 is 2.95 bits per heavy atom. The van der Waals surface area contributed by atoms with Crippen molar-refractivity contribution in [2.24, 2.45) is 0 Å². The number of carbonyl (C=O) groups is 1. The van der Waals surface area contributed by atoms with Crippen LogP contribution in [0.1, 0.15) is 27.5 Å². The molecule has 7 nitrogen and oxygen atoms in total. The van der Waals surface area contributed by atoms with Crippen LogP contribution in [0.3, 0.4) is 0 Å². The molecular formula is C14H15N3O4S. The molecule has 2 aromatic rings. The van der Waals surface area contributed by atoms with Crippen LogP contribution in [0, 0.1) is 13.8 Å². The highest BCUT2D eigenvalue weighted by molar-refractivity contribution is 7.07. The number of carbonyl (C=O) groups excluding carboxylic acids is 1. The Bertz CT molecular complexity index is 755. The summed E-state index contributed by atoms with van der Waals surface area (Å²) in [5.41, 5.74) is 0.211. The molecule has 3 rings (SSSR count). The van der Waals surface area contributed by atoms with Crippen molar-refractivity contribution in [2.45, 2.75) is 26.4 Å². The minimum atomic E-state index is -0.438. The van der Waals surface area contributed by atoms with E-state index in [9.17, 15) is 9.59 Å². The van der Waals surface area contributed by atoms with E-state index in [2.05, 4.69) is 9.59 Å². The standard InChI is InChI=1S/C14H15N3O4S/c1-8-5-11(6-12(18)20-8)21-10-3-4-17(7-10)14(19)13-9(2)15-16-22-13/h5-6,10H,3-4,7H2,1-2H3. The number of aromatic nitrogens is 2. The van der Waals surface area contributed by atoms with Crippen molar-refractivity contribution in [3.8, 4) is 5.75 Å². The van der Waals surface area contributed by atoms with E-state index in [0.717, 1.165) is 18.0 Å². The summed E-state index contributed by atoms with van der Waals surface area (Å²) in [5.74, 6) is 0.908. The van der Waals surface area contributed by atoms with Crippen LogP contribution in [-0.4, -0.2) is 39.6 Å². The molecule has 1 atom stereocenters. The average molecular weight is 321 g/mol. The van der Waals surface area contributed by atoms with E-state index in [-0.39, 0.29) is 12.0 Å². The summed E-state index contributed by atoms with van der Waals surface area (Å²) in [4.78, 5) is 26.0. The Morgan fingerprint density at radius 2 is 2.27 bits per heavy atom. The lowest BCUT2D eigenvalue weighted by molar-refractivity contribution is 0.0776. The summed E-state index contributed by atoms with van der Waals surface area (Å²) in [5, 5.41) is 3.86. The Kier molecular flexibility index (Phi) is 3.93. The predicted molar refractivity (Wildman–Crippen MR) is 79.3 cm³/mol. The van der Waals surface area contributed by atoms with Gasteiger partial charge in [-0.3, -0.25) is 4.79 Å². The van der Waals surface area contributed by atoms with E-state index in [1.54, 1.807) is 24.8 Å². The molecule has 0 spiro atoms. The number of ether oxygens (including phenoxy) is 1. The van der Waals surface area contributed by atoms with Gasteiger partial charge in [0.25, 0.3) is 5.91 Å². The Morgan fingerprint density at radius 1 is 1.45 bits per heavy atom. The molecule has 8 heteroatoms. The van der Waals surface area contributed by atoms with E-state index in [0.29, 0.717) is 35.2 Å². The topological polar surface area (TPSA) is 85.5 Å². The maximum Gasteiger partial charge on any atom is 0.339 e. The molecule has 0 N–H and O–H groups in total. The van der Waals surface area contributed by atoms with Crippen LogP contribution < -0.4 is 10.4 Å². The van der Waals surface area contributed by atoms with Crippen LogP contribution in [0.15, 0.2) is 21.3 Å². The fourth-order valence-corrected chi connectivity index (χ4v) is 3.04. The van der Waals surface area contributed by atoms with Crippen molar-refractivity contribution >= 4 is 17.4 Å². The monoisotopic (exact) mass is 321 g/mol. The van der Waals surface area contributed by atoms with Gasteiger partial charge < -0.3 is 14.1 Å². The molecule has 1 aliphatic heterocycles. The quantitative estimate of drug-likeness (QED) is 0.849. The van der Waals surface area contributed by atoms with Crippen molar-refractivity contribution in [2.75, 3.05) is 13.1 Å². The lowest BCUT2D eigenvalue weighted by atomic mass is 10.3. The summed E-state index contributed by atoms with van der Waals surface area (Å²) in [6.45, 7) is 4.56. The van der Waals surface area contributed by atoms with Gasteiger partial charge in [0.2, 0.25) is 0 Å². The molecule has 3 heterocycles. The fourth-order valence-electron chi connectivity index (χ4n) is 2.42. The average Bonchev–Trinajstić information content (AvgIpc) is 3.06. The molecule has 116 valence electrons. The molecule has 0 bridgehead atoms. The van der Waals surface area contributed by atoms with Crippen molar-refractivity contribution < 1.29 is 13.9 Å². The van der Waals surface area contributed by atoms with Crippen LogP contribution in [-0.2, 0) is 0 Å². The van der Waals surface area contributed by atoms with Gasteiger partial charge >= 0.3 is 5.63 Å². The second kappa shape index (κ2) is 5.88. The number of amides is 1. The molecular weight excluding hydrogens is 306 g/mol. The smallest absolute Gasteiger partial charge is 0.339 e. The van der Waals surface area contributed by atoms with Gasteiger partial charge in [0, 0.05) is 19.0 Å². The molecule has 22 heavy (non-hydrogen) atoms. The first kappa shape index (κ1) is 14.7. The number of hydrogen-bond donors (Lipinski definition) is 0. The first-order valence-electron chi connectivity index (χ1n) is 6.89. The highest BCUT2D eigenvalue weighted by Gasteiger charge is 2.30. The molecule has 1 aliphatic rings. The molecule has 0 aliphatic carbocycles. The maximum absolute atomic E-state index is 12.4. The number of rotatable bonds is 3. The largest absolute Gasteiger partial charge is 0.488 e. The SMILES string of the molecule is Cc1cc(OC2CCN(C(=O)c3snnc3C)C2)cc(=O)o1. The van der Waals surface area contributed by atoms with Crippen LogP contribution in [0.5, 0.6) is 5.75 Å². The van der Waals surface area contributed by atoms with E-state index in [1.807, 2.05) is 0 Å². The molecule has 0 saturated carbocycles. The number of hydrogen-bond acceptors (Lipinski definition) is 7. The third-order valence-electron chi connectivity index (χ3n) is 3.45. The minimum Gasteiger partial charge on any atom is -0.488 e. The summed E-state index contributed by atoms with van der Waals surface area (Å²) < 4.78 is 14.5. The second-order valence-corrected chi connectivity index (χ2v) is 5.94. The van der Waals surface area contributed by atoms with E-state index >= 15 is 0 Å². The van der Waals surface area contributed by atoms with Gasteiger partial charge in [-0.1, -0.05) is 4.49 Å². The summed E-state index contributed by atoms with van der Waals surface area (Å²) in [7, 11) is 0. The van der Waals surface area contributed by atoms with Gasteiger partial charge in [0.05, 0.1) is 18.3 Å². The molecule has 1 saturated heterocycles. The highest BCUT2D eigenvalue weighted by Crippen LogP contribution is 2.21. The van der Waals surface area contributed by atoms with Crippen LogP contribution in [0.25, 0.3) is 0 Å². The minimum absolute atomic E-state index is 0.0673. The fraction of sp³-hybridized carbons (Fsp3) is 0.429. The van der Waals surface area contributed by atoms with Crippen molar-refractivity contribution in [1.29, 1.82) is 0 Å². The Labute approximate surface area is 130 Å². The van der Waals surface area contributed by atoms with Crippen LogP contribution >= 0.6 is 11.5 Å². The number of likely N-dealkylation sites (tertiary alicyclic amines) is 1. The van der Waals surface area contributed by atoms with Gasteiger partial charge in [0.1, 0.15) is 22.5 Å². The molecule has 2 aromatic heterocycles. The van der Waals surface area contributed by atoms with Crippen molar-refractivity contribution in [3.63, 3.8) is 0 Å². The molecule has 1 unspecified atom stereocenters. The number of aryl methyl sites for hydroxylation is 2. The second-order valence-electron chi connectivity index (χ2n) is 5.19. The van der Waals surface area contributed by atoms with Gasteiger partial charge in [-0.15, -0.1) is 5.10 Å². The van der Waals surface area contributed by atoms with Crippen LogP contribution in [0.4, 0.5) is 0 Å². The van der Waals surface area contributed by atoms with Gasteiger partial charge in [-0.2, -0.15) is 0 Å². The number of nitrogens with zero attached hydrogens (tertiary/aromatic N) is 3. The van der Waals surface area contributed by atoms with E-state index in [4.69, 9.17) is 9.15 Å². The zero-order valence-corrected chi connectivity index (χ0v) is 13.1. The van der Waals surface area contributed by atoms with Gasteiger partial charge in [0.15, 0.2) is 0 Å². The Balaban J connectivity index is 1.66. The Hall–Kier alpha value is -2.22. The lowest BCUT2D eigenvalue weighted by Gasteiger charge is -2.16. The maximum atomic E-state index is 12.4. The molecule has 0 radical (unpaired) electrons. The van der Waals surface area contributed by atoms with Crippen LogP contribution in [0.2, 0.25) is 0 Å². The van der Waals surface area contributed by atoms with Crippen molar-refractivity contribution in [1.82, 2.24) is 14.5 Å². The molecule has 0 aromatic carbocycles. The zero-order valence-electron chi connectivity index (χ0n) is 12.2. The third-order valence-corrected chi connectivity index (χ3v) is 4.26. The summed E-state index contributed by atoms with van der Waals surface area (Å²) >= 11 is 1.11. The van der Waals surface area contributed by atoms with Crippen molar-refractivity contribution in [3.05, 3.63) is 38.9 Å². The zero-order chi connectivity index (χ0) is 15.7. The summed E-state index contributed by atoms with van der Waals surface area (Å²) in [6, 6.07) is 2.98. The lowest BCUT2D eigenvalue weighted by Crippen LogP contribution is -2.30. The van der Waals surface area contributed by atoms with Gasteiger partial charge in [-0.05, 0) is 25.4 Å². The van der Waals surface area contributed by atoms with E-state index in [1.165, 1.54) is 6.07 Å².